The van der Waals surface area contributed by atoms with E-state index >= 15 is 0 Å². The number of hydrogen-bond donors (Lipinski definition) is 2. The number of anilines is 4. The zero-order valence-corrected chi connectivity index (χ0v) is 17.8. The highest BCUT2D eigenvalue weighted by Gasteiger charge is 2.20. The summed E-state index contributed by atoms with van der Waals surface area (Å²) in [6.45, 7) is 6.36. The predicted octanol–water partition coefficient (Wildman–Crippen LogP) is 3.74. The molecule has 0 radical (unpaired) electrons. The number of nitrogen functional groups attached to an aromatic ring is 1. The third-order valence-electron chi connectivity index (χ3n) is 5.27. The highest BCUT2D eigenvalue weighted by Crippen LogP contribution is 2.26. The molecule has 1 saturated heterocycles. The highest BCUT2D eigenvalue weighted by molar-refractivity contribution is 6.33. The van der Waals surface area contributed by atoms with Crippen LogP contribution < -0.4 is 16.0 Å². The van der Waals surface area contributed by atoms with E-state index in [4.69, 9.17) is 17.3 Å². The number of aryl methyl sites for hydroxylation is 1. The molecule has 4 rings (SSSR count). The molecule has 8 heteroatoms. The van der Waals surface area contributed by atoms with E-state index in [0.717, 1.165) is 49.0 Å². The molecule has 0 amide bonds. The quantitative estimate of drug-likeness (QED) is 0.624. The Hall–Kier alpha value is -2.90. The fraction of sp³-hybridized carbons (Fsp3) is 0.318. The summed E-state index contributed by atoms with van der Waals surface area (Å²) in [6.07, 6.45) is 0.923. The van der Waals surface area contributed by atoms with Crippen LogP contribution in [-0.2, 0) is 13.0 Å². The van der Waals surface area contributed by atoms with E-state index < -0.39 is 0 Å². The molecule has 3 aromatic rings. The molecule has 7 nitrogen and oxygen atoms in total. The minimum atomic E-state index is 0.228. The van der Waals surface area contributed by atoms with Crippen molar-refractivity contribution in [2.75, 3.05) is 42.1 Å². The van der Waals surface area contributed by atoms with Crippen LogP contribution >= 0.6 is 11.6 Å². The first-order valence-electron chi connectivity index (χ1n) is 10.2. The molecule has 156 valence electrons. The molecule has 0 saturated carbocycles. The molecule has 2 heterocycles. The number of nitrogens with zero attached hydrogens (tertiary/aromatic N) is 5. The smallest absolute Gasteiger partial charge is 0.232 e. The lowest BCUT2D eigenvalue weighted by Crippen LogP contribution is -2.46. The van der Waals surface area contributed by atoms with Crippen LogP contribution in [0, 0.1) is 0 Å². The van der Waals surface area contributed by atoms with Crippen LogP contribution in [0.25, 0.3) is 0 Å². The number of benzene rings is 2. The van der Waals surface area contributed by atoms with Crippen molar-refractivity contribution in [3.63, 3.8) is 0 Å². The summed E-state index contributed by atoms with van der Waals surface area (Å²) in [7, 11) is 0. The molecule has 1 aliphatic heterocycles. The van der Waals surface area contributed by atoms with Gasteiger partial charge in [-0.05, 0) is 30.2 Å². The number of piperazine rings is 1. The Bertz CT molecular complexity index is 1000. The molecule has 1 aliphatic rings. The van der Waals surface area contributed by atoms with Crippen LogP contribution in [0.15, 0.2) is 48.5 Å². The number of para-hydroxylation sites is 2. The van der Waals surface area contributed by atoms with Gasteiger partial charge >= 0.3 is 0 Å². The molecule has 0 aliphatic carbocycles. The maximum absolute atomic E-state index is 6.34. The van der Waals surface area contributed by atoms with Gasteiger partial charge in [0.05, 0.1) is 17.3 Å². The summed E-state index contributed by atoms with van der Waals surface area (Å²) in [5, 5.41) is 4.08. The van der Waals surface area contributed by atoms with Crippen molar-refractivity contribution in [1.29, 1.82) is 0 Å². The van der Waals surface area contributed by atoms with Crippen LogP contribution in [0.2, 0.25) is 5.02 Å². The van der Waals surface area contributed by atoms with E-state index in [1.54, 1.807) is 0 Å². The van der Waals surface area contributed by atoms with Gasteiger partial charge in [0.15, 0.2) is 0 Å². The molecule has 0 bridgehead atoms. The van der Waals surface area contributed by atoms with Crippen LogP contribution in [0.4, 0.5) is 23.3 Å². The van der Waals surface area contributed by atoms with Crippen LogP contribution in [-0.4, -0.2) is 46.0 Å². The average molecular weight is 424 g/mol. The van der Waals surface area contributed by atoms with Gasteiger partial charge in [0, 0.05) is 31.9 Å². The van der Waals surface area contributed by atoms with Crippen molar-refractivity contribution >= 4 is 34.9 Å². The third-order valence-corrected chi connectivity index (χ3v) is 5.59. The van der Waals surface area contributed by atoms with Crippen molar-refractivity contribution in [2.45, 2.75) is 19.9 Å². The van der Waals surface area contributed by atoms with Gasteiger partial charge in [0.2, 0.25) is 11.9 Å². The highest BCUT2D eigenvalue weighted by atomic mass is 35.5. The second-order valence-electron chi connectivity index (χ2n) is 7.28. The lowest BCUT2D eigenvalue weighted by molar-refractivity contribution is 0.244. The van der Waals surface area contributed by atoms with Crippen molar-refractivity contribution in [3.05, 3.63) is 64.9 Å². The minimum Gasteiger partial charge on any atom is -0.368 e. The molecular weight excluding hydrogens is 398 g/mol. The van der Waals surface area contributed by atoms with Crippen molar-refractivity contribution in [3.8, 4) is 0 Å². The number of nitrogens with one attached hydrogen (secondary N) is 1. The minimum absolute atomic E-state index is 0.228. The van der Waals surface area contributed by atoms with Crippen LogP contribution in [0.3, 0.4) is 0 Å². The maximum Gasteiger partial charge on any atom is 0.232 e. The Balaban J connectivity index is 1.41. The van der Waals surface area contributed by atoms with E-state index in [2.05, 4.69) is 49.1 Å². The molecule has 0 spiro atoms. The summed E-state index contributed by atoms with van der Waals surface area (Å²) >= 11 is 6.34. The van der Waals surface area contributed by atoms with Crippen molar-refractivity contribution in [1.82, 2.24) is 19.9 Å². The van der Waals surface area contributed by atoms with E-state index in [9.17, 15) is 0 Å². The summed E-state index contributed by atoms with van der Waals surface area (Å²) in [5.41, 5.74) is 9.24. The largest absolute Gasteiger partial charge is 0.368 e. The van der Waals surface area contributed by atoms with Gasteiger partial charge in [0.25, 0.3) is 0 Å². The zero-order chi connectivity index (χ0) is 20.9. The Morgan fingerprint density at radius 2 is 1.70 bits per heavy atom. The molecular formula is C22H26ClN7. The van der Waals surface area contributed by atoms with Crippen molar-refractivity contribution < 1.29 is 0 Å². The van der Waals surface area contributed by atoms with E-state index in [1.807, 2.05) is 36.4 Å². The molecule has 2 aromatic carbocycles. The number of aromatic nitrogens is 3. The molecule has 0 atom stereocenters. The Kier molecular flexibility index (Phi) is 6.30. The molecule has 1 fully saturated rings. The van der Waals surface area contributed by atoms with Gasteiger partial charge < -0.3 is 16.0 Å². The standard InChI is InChI=1S/C22H26ClN7/c1-2-16-7-3-5-9-18(16)25-22-27-20(26-21(24)28-22)15-29-11-13-30(14-12-29)19-10-6-4-8-17(19)23/h3-10H,2,11-15H2,1H3,(H3,24,25,26,27,28). The SMILES string of the molecule is CCc1ccccc1Nc1nc(N)nc(CN2CCN(c3ccccc3Cl)CC2)n1. The third kappa shape index (κ3) is 4.80. The Morgan fingerprint density at radius 3 is 2.47 bits per heavy atom. The van der Waals surface area contributed by atoms with Gasteiger partial charge in [-0.25, -0.2) is 0 Å². The van der Waals surface area contributed by atoms with Crippen LogP contribution in [0.1, 0.15) is 18.3 Å². The van der Waals surface area contributed by atoms with E-state index in [-0.39, 0.29) is 5.95 Å². The van der Waals surface area contributed by atoms with Gasteiger partial charge in [-0.2, -0.15) is 15.0 Å². The van der Waals surface area contributed by atoms with Gasteiger partial charge in [-0.1, -0.05) is 48.9 Å². The van der Waals surface area contributed by atoms with E-state index in [1.165, 1.54) is 5.56 Å². The van der Waals surface area contributed by atoms with Crippen molar-refractivity contribution in [2.24, 2.45) is 0 Å². The van der Waals surface area contributed by atoms with Gasteiger partial charge in [-0.3, -0.25) is 4.90 Å². The Morgan fingerprint density at radius 1 is 0.967 bits per heavy atom. The second kappa shape index (κ2) is 9.28. The van der Waals surface area contributed by atoms with Crippen LogP contribution in [0.5, 0.6) is 0 Å². The number of rotatable bonds is 6. The second-order valence-corrected chi connectivity index (χ2v) is 7.69. The molecule has 0 unspecified atom stereocenters. The lowest BCUT2D eigenvalue weighted by atomic mass is 10.1. The monoisotopic (exact) mass is 423 g/mol. The number of hydrogen-bond acceptors (Lipinski definition) is 7. The van der Waals surface area contributed by atoms with Gasteiger partial charge in [-0.15, -0.1) is 0 Å². The molecule has 30 heavy (non-hydrogen) atoms. The first-order valence-corrected chi connectivity index (χ1v) is 10.6. The topological polar surface area (TPSA) is 83.2 Å². The maximum atomic E-state index is 6.34. The molecule has 3 N–H and O–H groups in total. The summed E-state index contributed by atoms with van der Waals surface area (Å²) in [4.78, 5) is 17.8. The number of nitrogens with two attached hydrogens (primary N) is 1. The first-order chi connectivity index (χ1) is 14.6. The number of halogens is 1. The Labute approximate surface area is 181 Å². The normalized spacial score (nSPS) is 14.7. The lowest BCUT2D eigenvalue weighted by Gasteiger charge is -2.36. The fourth-order valence-electron chi connectivity index (χ4n) is 3.69. The fourth-order valence-corrected chi connectivity index (χ4v) is 3.95. The van der Waals surface area contributed by atoms with E-state index in [0.29, 0.717) is 18.3 Å². The summed E-state index contributed by atoms with van der Waals surface area (Å²) in [5.74, 6) is 1.38. The predicted molar refractivity (Wildman–Crippen MR) is 122 cm³/mol. The summed E-state index contributed by atoms with van der Waals surface area (Å²) < 4.78 is 0. The average Bonchev–Trinajstić information content (AvgIpc) is 2.75. The summed E-state index contributed by atoms with van der Waals surface area (Å²) in [6, 6.07) is 16.1. The molecule has 1 aromatic heterocycles. The van der Waals surface area contributed by atoms with Gasteiger partial charge in [0.1, 0.15) is 5.82 Å². The zero-order valence-electron chi connectivity index (χ0n) is 17.1. The first kappa shape index (κ1) is 20.4.